The van der Waals surface area contributed by atoms with Gasteiger partial charge in [-0.05, 0) is 46.5 Å². The predicted octanol–water partition coefficient (Wildman–Crippen LogP) is 6.30. The van der Waals surface area contributed by atoms with Gasteiger partial charge in [0.2, 0.25) is 0 Å². The predicted molar refractivity (Wildman–Crippen MR) is 117 cm³/mol. The largest absolute Gasteiger partial charge is 0.327 e. The lowest BCUT2D eigenvalue weighted by atomic mass is 10.1. The minimum Gasteiger partial charge on any atom is -0.326 e. The van der Waals surface area contributed by atoms with Gasteiger partial charge in [0.25, 0.3) is 0 Å². The van der Waals surface area contributed by atoms with Crippen LogP contribution < -0.4 is 10.2 Å². The van der Waals surface area contributed by atoms with Gasteiger partial charge in [-0.3, -0.25) is 4.90 Å². The van der Waals surface area contributed by atoms with Crippen molar-refractivity contribution in [3.05, 3.63) is 120 Å². The highest BCUT2D eigenvalue weighted by molar-refractivity contribution is 6.00. The highest BCUT2D eigenvalue weighted by Crippen LogP contribution is 2.43. The molecule has 0 aliphatic heterocycles. The summed E-state index contributed by atoms with van der Waals surface area (Å²) in [6.07, 6.45) is 0. The maximum absolute atomic E-state index is 13.5. The summed E-state index contributed by atoms with van der Waals surface area (Å²) >= 11 is 0. The first-order chi connectivity index (χ1) is 14.3. The van der Waals surface area contributed by atoms with Gasteiger partial charge in [-0.25, -0.2) is 4.79 Å². The van der Waals surface area contributed by atoms with E-state index in [0.29, 0.717) is 0 Å². The number of carbonyl (C=O) groups is 1. The molecule has 0 aromatic heterocycles. The van der Waals surface area contributed by atoms with Crippen molar-refractivity contribution in [2.45, 2.75) is 6.04 Å². The van der Waals surface area contributed by atoms with Crippen LogP contribution in [0.5, 0.6) is 0 Å². The van der Waals surface area contributed by atoms with Gasteiger partial charge in [-0.15, -0.1) is 0 Å². The first-order valence-corrected chi connectivity index (χ1v) is 9.72. The van der Waals surface area contributed by atoms with Crippen LogP contribution in [0.4, 0.5) is 16.2 Å². The van der Waals surface area contributed by atoms with Gasteiger partial charge in [0.15, 0.2) is 0 Å². The van der Waals surface area contributed by atoms with Crippen molar-refractivity contribution in [3.8, 4) is 11.1 Å². The monoisotopic (exact) mass is 376 g/mol. The maximum atomic E-state index is 13.5. The lowest BCUT2D eigenvalue weighted by molar-refractivity contribution is 0.246. The van der Waals surface area contributed by atoms with Crippen molar-refractivity contribution in [3.63, 3.8) is 0 Å². The molecule has 0 unspecified atom stereocenters. The van der Waals surface area contributed by atoms with E-state index in [1.165, 1.54) is 11.1 Å². The Bertz CT molecular complexity index is 1070. The fourth-order valence-electron chi connectivity index (χ4n) is 4.04. The molecule has 2 amide bonds. The Morgan fingerprint density at radius 3 is 1.48 bits per heavy atom. The van der Waals surface area contributed by atoms with E-state index in [0.717, 1.165) is 22.5 Å². The Labute approximate surface area is 170 Å². The third-order valence-electron chi connectivity index (χ3n) is 5.33. The quantitative estimate of drug-likeness (QED) is 0.447. The van der Waals surface area contributed by atoms with Crippen LogP contribution in [0, 0.1) is 0 Å². The zero-order valence-electron chi connectivity index (χ0n) is 15.8. The first-order valence-electron chi connectivity index (χ1n) is 9.72. The molecule has 0 saturated carbocycles. The Morgan fingerprint density at radius 2 is 1.00 bits per heavy atom. The van der Waals surface area contributed by atoms with E-state index in [1.807, 2.05) is 84.9 Å². The molecular formula is C26H20N2O. The lowest BCUT2D eigenvalue weighted by Gasteiger charge is -2.26. The van der Waals surface area contributed by atoms with Gasteiger partial charge < -0.3 is 5.32 Å². The summed E-state index contributed by atoms with van der Waals surface area (Å²) in [6, 6.07) is 35.7. The number of urea groups is 1. The van der Waals surface area contributed by atoms with E-state index in [9.17, 15) is 4.79 Å². The number of rotatable bonds is 3. The summed E-state index contributed by atoms with van der Waals surface area (Å²) in [5, 5.41) is 3.28. The van der Waals surface area contributed by atoms with E-state index in [-0.39, 0.29) is 12.1 Å². The molecule has 0 radical (unpaired) electrons. The van der Waals surface area contributed by atoms with Crippen molar-refractivity contribution in [1.29, 1.82) is 0 Å². The van der Waals surface area contributed by atoms with Crippen LogP contribution in [-0.4, -0.2) is 6.03 Å². The van der Waals surface area contributed by atoms with Crippen LogP contribution in [0.15, 0.2) is 109 Å². The molecule has 0 atom stereocenters. The number of para-hydroxylation sites is 2. The van der Waals surface area contributed by atoms with Gasteiger partial charge in [0.05, 0.1) is 17.4 Å². The number of amides is 2. The molecule has 4 aromatic rings. The van der Waals surface area contributed by atoms with E-state index >= 15 is 0 Å². The van der Waals surface area contributed by atoms with E-state index < -0.39 is 0 Å². The summed E-state index contributed by atoms with van der Waals surface area (Å²) in [5.41, 5.74) is 6.27. The number of hydrogen-bond donors (Lipinski definition) is 1. The smallest absolute Gasteiger partial charge is 0.326 e. The summed E-state index contributed by atoms with van der Waals surface area (Å²) in [4.78, 5) is 15.3. The molecule has 0 spiro atoms. The fraction of sp³-hybridized carbons (Fsp3) is 0.0385. The number of benzene rings is 4. The second-order valence-corrected chi connectivity index (χ2v) is 7.06. The summed E-state index contributed by atoms with van der Waals surface area (Å²) in [6.45, 7) is 0. The molecule has 3 heteroatoms. The van der Waals surface area contributed by atoms with Crippen molar-refractivity contribution >= 4 is 17.4 Å². The minimum absolute atomic E-state index is 0.154. The maximum Gasteiger partial charge on any atom is 0.327 e. The Morgan fingerprint density at radius 1 is 0.586 bits per heavy atom. The zero-order chi connectivity index (χ0) is 19.6. The van der Waals surface area contributed by atoms with Gasteiger partial charge in [-0.1, -0.05) is 84.9 Å². The van der Waals surface area contributed by atoms with Crippen LogP contribution in [0.1, 0.15) is 17.2 Å². The van der Waals surface area contributed by atoms with Crippen LogP contribution in [0.2, 0.25) is 0 Å². The van der Waals surface area contributed by atoms with E-state index in [1.54, 1.807) is 4.90 Å². The third kappa shape index (κ3) is 3.07. The molecule has 0 bridgehead atoms. The van der Waals surface area contributed by atoms with Gasteiger partial charge in [0, 0.05) is 0 Å². The average molecular weight is 376 g/mol. The molecule has 1 N–H and O–H groups in total. The average Bonchev–Trinajstić information content (AvgIpc) is 3.09. The second-order valence-electron chi connectivity index (χ2n) is 7.06. The normalized spacial score (nSPS) is 12.1. The molecule has 1 aliphatic carbocycles. The molecular weight excluding hydrogens is 356 g/mol. The summed E-state index contributed by atoms with van der Waals surface area (Å²) < 4.78 is 0. The highest BCUT2D eigenvalue weighted by atomic mass is 16.2. The lowest BCUT2D eigenvalue weighted by Crippen LogP contribution is -2.39. The van der Waals surface area contributed by atoms with E-state index in [4.69, 9.17) is 0 Å². The van der Waals surface area contributed by atoms with Crippen LogP contribution >= 0.6 is 0 Å². The summed E-state index contributed by atoms with van der Waals surface area (Å²) in [5.74, 6) is 0. The number of nitrogens with one attached hydrogen (secondary N) is 1. The summed E-state index contributed by atoms with van der Waals surface area (Å²) in [7, 11) is 0. The topological polar surface area (TPSA) is 32.3 Å². The van der Waals surface area contributed by atoms with Crippen molar-refractivity contribution in [2.75, 3.05) is 4.90 Å². The number of nitrogens with zero attached hydrogens (tertiary/aromatic N) is 1. The van der Waals surface area contributed by atoms with Crippen molar-refractivity contribution in [2.24, 2.45) is 0 Å². The standard InChI is InChI=1S/C26H20N2O/c29-26(28(19-11-3-1-4-12-19)20-13-5-2-6-14-20)27-25-23-17-9-7-15-21(23)22-16-8-10-18-24(22)25/h1-18,25H,(H,27,29). The van der Waals surface area contributed by atoms with Crippen LogP contribution in [0.3, 0.4) is 0 Å². The number of carbonyl (C=O) groups excluding carboxylic acids is 1. The number of fused-ring (bicyclic) bond motifs is 3. The molecule has 140 valence electrons. The second kappa shape index (κ2) is 7.28. The first kappa shape index (κ1) is 17.3. The van der Waals surface area contributed by atoms with Crippen LogP contribution in [0.25, 0.3) is 11.1 Å². The zero-order valence-corrected chi connectivity index (χ0v) is 15.8. The number of hydrogen-bond acceptors (Lipinski definition) is 1. The molecule has 29 heavy (non-hydrogen) atoms. The molecule has 0 saturated heterocycles. The SMILES string of the molecule is O=C(NC1c2ccccc2-c2ccccc21)N(c1ccccc1)c1ccccc1. The Balaban J connectivity index is 1.55. The Kier molecular flexibility index (Phi) is 4.34. The van der Waals surface area contributed by atoms with E-state index in [2.05, 4.69) is 29.6 Å². The van der Waals surface area contributed by atoms with Crippen LogP contribution in [-0.2, 0) is 0 Å². The molecule has 3 nitrogen and oxygen atoms in total. The van der Waals surface area contributed by atoms with Gasteiger partial charge in [0.1, 0.15) is 0 Å². The molecule has 1 aliphatic rings. The fourth-order valence-corrected chi connectivity index (χ4v) is 4.04. The van der Waals surface area contributed by atoms with Crippen molar-refractivity contribution < 1.29 is 4.79 Å². The molecule has 4 aromatic carbocycles. The number of anilines is 2. The highest BCUT2D eigenvalue weighted by Gasteiger charge is 2.31. The molecule has 0 heterocycles. The van der Waals surface area contributed by atoms with Gasteiger partial charge in [-0.2, -0.15) is 0 Å². The Hall–Kier alpha value is -3.85. The molecule has 5 rings (SSSR count). The van der Waals surface area contributed by atoms with Gasteiger partial charge >= 0.3 is 6.03 Å². The van der Waals surface area contributed by atoms with Crippen molar-refractivity contribution in [1.82, 2.24) is 5.32 Å². The minimum atomic E-state index is -0.176. The third-order valence-corrected chi connectivity index (χ3v) is 5.33. The molecule has 0 fully saturated rings.